The number of nitrogens with one attached hydrogen (secondary N) is 1. The standard InChI is InChI=1S/C20H32N2O.ClH/c1-16-5-7-18(8-6-16)20(2,3)15-19(23)22-13-10-17(11-14-22)9-12-21-4;/h5-8,17,21H,9-15H2,1-4H3;1H. The number of hydrogen-bond acceptors (Lipinski definition) is 2. The number of carbonyl (C=O) groups excluding carboxylic acids is 1. The summed E-state index contributed by atoms with van der Waals surface area (Å²) >= 11 is 0. The maximum Gasteiger partial charge on any atom is 0.223 e. The Hall–Kier alpha value is -1.06. The van der Waals surface area contributed by atoms with Crippen LogP contribution in [-0.4, -0.2) is 37.5 Å². The number of nitrogens with zero attached hydrogens (tertiary/aromatic N) is 1. The topological polar surface area (TPSA) is 32.3 Å². The minimum Gasteiger partial charge on any atom is -0.343 e. The average Bonchev–Trinajstić information content (AvgIpc) is 2.53. The first kappa shape index (κ1) is 21.0. The molecule has 1 N–H and O–H groups in total. The van der Waals surface area contributed by atoms with E-state index >= 15 is 0 Å². The number of halogens is 1. The lowest BCUT2D eigenvalue weighted by Gasteiger charge is -2.34. The van der Waals surface area contributed by atoms with Gasteiger partial charge in [0.1, 0.15) is 0 Å². The Labute approximate surface area is 153 Å². The molecule has 3 nitrogen and oxygen atoms in total. The van der Waals surface area contributed by atoms with Crippen molar-refractivity contribution in [1.29, 1.82) is 0 Å². The van der Waals surface area contributed by atoms with Gasteiger partial charge in [-0.15, -0.1) is 12.4 Å². The molecule has 1 aromatic rings. The average molecular weight is 353 g/mol. The lowest BCUT2D eigenvalue weighted by atomic mass is 9.80. The molecule has 0 spiro atoms. The Bertz CT molecular complexity index is 505. The van der Waals surface area contributed by atoms with Crippen LogP contribution >= 0.6 is 12.4 Å². The summed E-state index contributed by atoms with van der Waals surface area (Å²) in [4.78, 5) is 14.8. The highest BCUT2D eigenvalue weighted by Gasteiger charge is 2.29. The first-order chi connectivity index (χ1) is 10.9. The quantitative estimate of drug-likeness (QED) is 0.841. The van der Waals surface area contributed by atoms with E-state index in [0.29, 0.717) is 12.3 Å². The fourth-order valence-electron chi connectivity index (χ4n) is 3.42. The molecule has 0 unspecified atom stereocenters. The van der Waals surface area contributed by atoms with Crippen LogP contribution in [0.3, 0.4) is 0 Å². The van der Waals surface area contributed by atoms with Gasteiger partial charge in [-0.2, -0.15) is 0 Å². The van der Waals surface area contributed by atoms with Crippen LogP contribution in [0.5, 0.6) is 0 Å². The van der Waals surface area contributed by atoms with Crippen LogP contribution in [0.2, 0.25) is 0 Å². The Morgan fingerprint density at radius 1 is 1.21 bits per heavy atom. The lowest BCUT2D eigenvalue weighted by Crippen LogP contribution is -2.41. The van der Waals surface area contributed by atoms with Crippen LogP contribution in [0.4, 0.5) is 0 Å². The number of carbonyl (C=O) groups is 1. The molecule has 0 atom stereocenters. The highest BCUT2D eigenvalue weighted by molar-refractivity contribution is 5.85. The van der Waals surface area contributed by atoms with E-state index in [9.17, 15) is 4.79 Å². The molecule has 24 heavy (non-hydrogen) atoms. The van der Waals surface area contributed by atoms with Gasteiger partial charge in [-0.25, -0.2) is 0 Å². The number of aryl methyl sites for hydroxylation is 1. The predicted molar refractivity (Wildman–Crippen MR) is 104 cm³/mol. The summed E-state index contributed by atoms with van der Waals surface area (Å²) in [7, 11) is 2.01. The first-order valence-corrected chi connectivity index (χ1v) is 8.92. The minimum absolute atomic E-state index is 0. The van der Waals surface area contributed by atoms with Gasteiger partial charge in [-0.1, -0.05) is 43.7 Å². The van der Waals surface area contributed by atoms with Crippen molar-refractivity contribution in [3.8, 4) is 0 Å². The zero-order valence-corrected chi connectivity index (χ0v) is 16.4. The number of benzene rings is 1. The van der Waals surface area contributed by atoms with Crippen molar-refractivity contribution in [1.82, 2.24) is 10.2 Å². The Balaban J connectivity index is 0.00000288. The third kappa shape index (κ3) is 5.78. The van der Waals surface area contributed by atoms with Crippen LogP contribution in [0.25, 0.3) is 0 Å². The van der Waals surface area contributed by atoms with Gasteiger partial charge in [0.2, 0.25) is 5.91 Å². The van der Waals surface area contributed by atoms with Crippen LogP contribution in [0, 0.1) is 12.8 Å². The smallest absolute Gasteiger partial charge is 0.223 e. The van der Waals surface area contributed by atoms with Crippen molar-refractivity contribution >= 4 is 18.3 Å². The zero-order chi connectivity index (χ0) is 16.9. The van der Waals surface area contributed by atoms with E-state index in [4.69, 9.17) is 0 Å². The van der Waals surface area contributed by atoms with E-state index in [1.807, 2.05) is 7.05 Å². The Kier molecular flexibility index (Phi) is 8.24. The maximum absolute atomic E-state index is 12.7. The molecule has 1 saturated heterocycles. The van der Waals surface area contributed by atoms with E-state index < -0.39 is 0 Å². The van der Waals surface area contributed by atoms with Gasteiger partial charge in [0, 0.05) is 19.5 Å². The van der Waals surface area contributed by atoms with Crippen molar-refractivity contribution in [2.45, 2.75) is 51.9 Å². The van der Waals surface area contributed by atoms with Crippen molar-refractivity contribution in [2.24, 2.45) is 5.92 Å². The molecule has 1 aromatic carbocycles. The Morgan fingerprint density at radius 3 is 2.33 bits per heavy atom. The summed E-state index contributed by atoms with van der Waals surface area (Å²) in [6, 6.07) is 8.59. The third-order valence-corrected chi connectivity index (χ3v) is 5.20. The van der Waals surface area contributed by atoms with Crippen molar-refractivity contribution in [2.75, 3.05) is 26.7 Å². The molecule has 2 rings (SSSR count). The summed E-state index contributed by atoms with van der Waals surface area (Å²) in [6.07, 6.45) is 4.13. The SMILES string of the molecule is CNCCC1CCN(C(=O)CC(C)(C)c2ccc(C)cc2)CC1.Cl. The Morgan fingerprint density at radius 2 is 1.79 bits per heavy atom. The summed E-state index contributed by atoms with van der Waals surface area (Å²) in [5, 5.41) is 3.22. The van der Waals surface area contributed by atoms with Gasteiger partial charge < -0.3 is 10.2 Å². The summed E-state index contributed by atoms with van der Waals surface area (Å²) < 4.78 is 0. The summed E-state index contributed by atoms with van der Waals surface area (Å²) in [6.45, 7) is 9.39. The molecule has 0 saturated carbocycles. The molecule has 0 aromatic heterocycles. The van der Waals surface area contributed by atoms with E-state index in [-0.39, 0.29) is 17.8 Å². The van der Waals surface area contributed by atoms with Crippen LogP contribution in [0.1, 0.15) is 50.7 Å². The van der Waals surface area contributed by atoms with Crippen molar-refractivity contribution < 1.29 is 4.79 Å². The van der Waals surface area contributed by atoms with Gasteiger partial charge >= 0.3 is 0 Å². The molecule has 0 radical (unpaired) electrons. The normalized spacial score (nSPS) is 15.9. The van der Waals surface area contributed by atoms with Crippen LogP contribution in [0.15, 0.2) is 24.3 Å². The zero-order valence-electron chi connectivity index (χ0n) is 15.6. The molecular weight excluding hydrogens is 320 g/mol. The third-order valence-electron chi connectivity index (χ3n) is 5.20. The van der Waals surface area contributed by atoms with E-state index in [2.05, 4.69) is 55.3 Å². The van der Waals surface area contributed by atoms with Gasteiger partial charge in [-0.3, -0.25) is 4.79 Å². The van der Waals surface area contributed by atoms with Crippen molar-refractivity contribution in [3.63, 3.8) is 0 Å². The van der Waals surface area contributed by atoms with Gasteiger partial charge in [0.15, 0.2) is 0 Å². The number of likely N-dealkylation sites (tertiary alicyclic amines) is 1. The number of hydrogen-bond donors (Lipinski definition) is 1. The van der Waals surface area contributed by atoms with Crippen LogP contribution < -0.4 is 5.32 Å². The minimum atomic E-state index is -0.103. The molecule has 1 aliphatic heterocycles. The van der Waals surface area contributed by atoms with Gasteiger partial charge in [0.05, 0.1) is 0 Å². The van der Waals surface area contributed by atoms with Crippen molar-refractivity contribution in [3.05, 3.63) is 35.4 Å². The molecule has 0 aliphatic carbocycles. The molecule has 136 valence electrons. The number of rotatable bonds is 6. The molecular formula is C20H33ClN2O. The van der Waals surface area contributed by atoms with Crippen LogP contribution in [-0.2, 0) is 10.2 Å². The highest BCUT2D eigenvalue weighted by Crippen LogP contribution is 2.29. The van der Waals surface area contributed by atoms with E-state index in [1.54, 1.807) is 0 Å². The summed E-state index contributed by atoms with van der Waals surface area (Å²) in [5.41, 5.74) is 2.41. The number of amides is 1. The fraction of sp³-hybridized carbons (Fsp3) is 0.650. The van der Waals surface area contributed by atoms with Gasteiger partial charge in [0.25, 0.3) is 0 Å². The van der Waals surface area contributed by atoms with E-state index in [1.165, 1.54) is 17.5 Å². The molecule has 1 heterocycles. The van der Waals surface area contributed by atoms with Gasteiger partial charge in [-0.05, 0) is 56.7 Å². The molecule has 1 aliphatic rings. The molecule has 4 heteroatoms. The second kappa shape index (κ2) is 9.43. The predicted octanol–water partition coefficient (Wildman–Crippen LogP) is 3.93. The second-order valence-corrected chi connectivity index (χ2v) is 7.64. The maximum atomic E-state index is 12.7. The highest BCUT2D eigenvalue weighted by atomic mass is 35.5. The molecule has 1 fully saturated rings. The largest absolute Gasteiger partial charge is 0.343 e. The first-order valence-electron chi connectivity index (χ1n) is 8.92. The fourth-order valence-corrected chi connectivity index (χ4v) is 3.42. The second-order valence-electron chi connectivity index (χ2n) is 7.64. The number of piperidine rings is 1. The van der Waals surface area contributed by atoms with E-state index in [0.717, 1.165) is 38.4 Å². The molecule has 0 bridgehead atoms. The molecule has 1 amide bonds. The summed E-state index contributed by atoms with van der Waals surface area (Å²) in [5.74, 6) is 1.08. The monoisotopic (exact) mass is 352 g/mol. The lowest BCUT2D eigenvalue weighted by molar-refractivity contribution is -0.133.